The first-order valence-corrected chi connectivity index (χ1v) is 8.85. The molecular weight excluding hydrogens is 344 g/mol. The Bertz CT molecular complexity index is 937. The van der Waals surface area contributed by atoms with Crippen LogP contribution in [-0.2, 0) is 6.54 Å². The number of ether oxygens (including phenoxy) is 3. The minimum Gasteiger partial charge on any atom is -0.497 e. The van der Waals surface area contributed by atoms with E-state index in [9.17, 15) is 0 Å². The van der Waals surface area contributed by atoms with Gasteiger partial charge in [0.25, 0.3) is 0 Å². The molecule has 1 aliphatic heterocycles. The quantitative estimate of drug-likeness (QED) is 0.676. The molecule has 0 saturated carbocycles. The maximum atomic E-state index is 6.02. The van der Waals surface area contributed by atoms with Crippen molar-refractivity contribution in [2.75, 3.05) is 25.7 Å². The van der Waals surface area contributed by atoms with Gasteiger partial charge in [0.15, 0.2) is 5.76 Å². The van der Waals surface area contributed by atoms with Gasteiger partial charge in [0, 0.05) is 6.07 Å². The molecule has 3 aromatic rings. The zero-order valence-corrected chi connectivity index (χ0v) is 15.6. The molecule has 0 radical (unpaired) electrons. The van der Waals surface area contributed by atoms with Crippen LogP contribution in [0.15, 0.2) is 53.1 Å². The number of oxazole rings is 1. The smallest absolute Gasteiger partial charge is 0.214 e. The number of benzene rings is 2. The van der Waals surface area contributed by atoms with Crippen LogP contribution in [0.5, 0.6) is 17.2 Å². The van der Waals surface area contributed by atoms with Crippen LogP contribution >= 0.6 is 0 Å². The van der Waals surface area contributed by atoms with Gasteiger partial charge in [-0.2, -0.15) is 0 Å². The Kier molecular flexibility index (Phi) is 4.62. The zero-order chi connectivity index (χ0) is 18.8. The first-order valence-electron chi connectivity index (χ1n) is 8.85. The van der Waals surface area contributed by atoms with Crippen molar-refractivity contribution in [3.8, 4) is 28.6 Å². The number of methoxy groups -OCH3 is 2. The van der Waals surface area contributed by atoms with Crippen molar-refractivity contribution in [3.63, 3.8) is 0 Å². The lowest BCUT2D eigenvalue weighted by Gasteiger charge is -2.34. The van der Waals surface area contributed by atoms with Gasteiger partial charge in [-0.25, -0.2) is 4.98 Å². The Hall–Kier alpha value is -3.15. The molecule has 6 heteroatoms. The summed E-state index contributed by atoms with van der Waals surface area (Å²) in [6.07, 6.45) is 1.82. The highest BCUT2D eigenvalue weighted by Gasteiger charge is 2.25. The molecule has 0 saturated heterocycles. The van der Waals surface area contributed by atoms with Gasteiger partial charge in [0.05, 0.1) is 44.8 Å². The number of anilines is 1. The van der Waals surface area contributed by atoms with Gasteiger partial charge in [-0.3, -0.25) is 0 Å². The van der Waals surface area contributed by atoms with Gasteiger partial charge >= 0.3 is 0 Å². The Morgan fingerprint density at radius 3 is 2.81 bits per heavy atom. The van der Waals surface area contributed by atoms with Crippen LogP contribution in [-0.4, -0.2) is 31.9 Å². The summed E-state index contributed by atoms with van der Waals surface area (Å²) in [4.78, 5) is 6.66. The monoisotopic (exact) mass is 366 g/mol. The van der Waals surface area contributed by atoms with Gasteiger partial charge in [0.2, 0.25) is 5.89 Å². The van der Waals surface area contributed by atoms with Gasteiger partial charge in [-0.1, -0.05) is 12.1 Å². The maximum Gasteiger partial charge on any atom is 0.214 e. The summed E-state index contributed by atoms with van der Waals surface area (Å²) in [5, 5.41) is 0. The van der Waals surface area contributed by atoms with Crippen molar-refractivity contribution in [2.24, 2.45) is 0 Å². The molecule has 0 aliphatic carbocycles. The molecular formula is C21H22N2O4. The van der Waals surface area contributed by atoms with Crippen LogP contribution in [0.4, 0.5) is 5.69 Å². The van der Waals surface area contributed by atoms with E-state index in [2.05, 4.69) is 16.8 Å². The largest absolute Gasteiger partial charge is 0.497 e. The van der Waals surface area contributed by atoms with E-state index in [1.54, 1.807) is 20.4 Å². The summed E-state index contributed by atoms with van der Waals surface area (Å²) >= 11 is 0. The lowest BCUT2D eigenvalue weighted by atomic mass is 10.1. The van der Waals surface area contributed by atoms with E-state index in [-0.39, 0.29) is 6.10 Å². The summed E-state index contributed by atoms with van der Waals surface area (Å²) in [7, 11) is 3.31. The number of aromatic nitrogens is 1. The second-order valence-corrected chi connectivity index (χ2v) is 6.46. The van der Waals surface area contributed by atoms with Crippen LogP contribution in [0, 0.1) is 0 Å². The average molecular weight is 366 g/mol. The second kappa shape index (κ2) is 7.23. The number of hydrogen-bond acceptors (Lipinski definition) is 6. The molecule has 0 spiro atoms. The summed E-state index contributed by atoms with van der Waals surface area (Å²) in [6.45, 7) is 3.34. The molecule has 1 unspecified atom stereocenters. The third kappa shape index (κ3) is 3.43. The molecule has 4 rings (SSSR count). The SMILES string of the molecule is COc1ccc2c(c1)N(Cc1ncc(-c3ccccc3OC)o1)CC(C)O2. The minimum absolute atomic E-state index is 0.0783. The van der Waals surface area contributed by atoms with Gasteiger partial charge in [-0.05, 0) is 31.2 Å². The summed E-state index contributed by atoms with van der Waals surface area (Å²) < 4.78 is 22.7. The summed E-state index contributed by atoms with van der Waals surface area (Å²) in [5.41, 5.74) is 1.86. The first-order chi connectivity index (χ1) is 13.2. The molecule has 1 aliphatic rings. The minimum atomic E-state index is 0.0783. The summed E-state index contributed by atoms with van der Waals surface area (Å²) in [6, 6.07) is 13.6. The summed E-state index contributed by atoms with van der Waals surface area (Å²) in [5.74, 6) is 3.72. The normalized spacial score (nSPS) is 15.8. The molecule has 0 amide bonds. The Morgan fingerprint density at radius 2 is 2.00 bits per heavy atom. The molecule has 1 aromatic heterocycles. The third-order valence-electron chi connectivity index (χ3n) is 4.56. The molecule has 140 valence electrons. The van der Waals surface area contributed by atoms with Crippen LogP contribution in [0.25, 0.3) is 11.3 Å². The standard InChI is InChI=1S/C21H22N2O4/c1-14-12-23(17-10-15(24-2)8-9-19(17)26-14)13-21-22-11-20(27-21)16-6-4-5-7-18(16)25-3/h4-11,14H,12-13H2,1-3H3. The van der Waals surface area contributed by atoms with E-state index in [1.165, 1.54) is 0 Å². The van der Waals surface area contributed by atoms with Gasteiger partial charge < -0.3 is 23.5 Å². The predicted molar refractivity (Wildman–Crippen MR) is 103 cm³/mol. The highest BCUT2D eigenvalue weighted by molar-refractivity contribution is 5.65. The lowest BCUT2D eigenvalue weighted by Crippen LogP contribution is -2.38. The number of para-hydroxylation sites is 1. The van der Waals surface area contributed by atoms with E-state index < -0.39 is 0 Å². The first kappa shape index (κ1) is 17.3. The molecule has 27 heavy (non-hydrogen) atoms. The molecule has 0 fully saturated rings. The number of hydrogen-bond donors (Lipinski definition) is 0. The predicted octanol–water partition coefficient (Wildman–Crippen LogP) is 4.15. The van der Waals surface area contributed by atoms with Crippen LogP contribution in [0.3, 0.4) is 0 Å². The number of nitrogens with zero attached hydrogens (tertiary/aromatic N) is 2. The maximum absolute atomic E-state index is 6.02. The molecule has 0 N–H and O–H groups in total. The van der Waals surface area contributed by atoms with Gasteiger partial charge in [-0.15, -0.1) is 0 Å². The fraction of sp³-hybridized carbons (Fsp3) is 0.286. The second-order valence-electron chi connectivity index (χ2n) is 6.46. The number of rotatable bonds is 5. The number of fused-ring (bicyclic) bond motifs is 1. The third-order valence-corrected chi connectivity index (χ3v) is 4.56. The van der Waals surface area contributed by atoms with Crippen molar-refractivity contribution in [2.45, 2.75) is 19.6 Å². The van der Waals surface area contributed by atoms with Crippen molar-refractivity contribution in [1.82, 2.24) is 4.98 Å². The van der Waals surface area contributed by atoms with Gasteiger partial charge in [0.1, 0.15) is 23.4 Å². The Morgan fingerprint density at radius 1 is 1.15 bits per heavy atom. The van der Waals surface area contributed by atoms with E-state index in [1.807, 2.05) is 42.5 Å². The fourth-order valence-electron chi connectivity index (χ4n) is 3.30. The Labute approximate surface area is 158 Å². The molecule has 0 bridgehead atoms. The molecule has 6 nitrogen and oxygen atoms in total. The van der Waals surface area contributed by atoms with Crippen LogP contribution in [0.1, 0.15) is 12.8 Å². The molecule has 2 aromatic carbocycles. The van der Waals surface area contributed by atoms with E-state index in [0.29, 0.717) is 18.2 Å². The highest BCUT2D eigenvalue weighted by atomic mass is 16.5. The average Bonchev–Trinajstić information content (AvgIpc) is 3.16. The van der Waals surface area contributed by atoms with Crippen LogP contribution < -0.4 is 19.1 Å². The van der Waals surface area contributed by atoms with E-state index in [0.717, 1.165) is 35.0 Å². The van der Waals surface area contributed by atoms with Crippen molar-refractivity contribution in [3.05, 3.63) is 54.6 Å². The topological polar surface area (TPSA) is 57.0 Å². The zero-order valence-electron chi connectivity index (χ0n) is 15.6. The van der Waals surface area contributed by atoms with Crippen molar-refractivity contribution < 1.29 is 18.6 Å². The van der Waals surface area contributed by atoms with Crippen molar-refractivity contribution in [1.29, 1.82) is 0 Å². The van der Waals surface area contributed by atoms with Crippen LogP contribution in [0.2, 0.25) is 0 Å². The van der Waals surface area contributed by atoms with E-state index >= 15 is 0 Å². The van der Waals surface area contributed by atoms with E-state index in [4.69, 9.17) is 18.6 Å². The molecule has 1 atom stereocenters. The molecule has 2 heterocycles. The Balaban J connectivity index is 1.61. The van der Waals surface area contributed by atoms with Crippen molar-refractivity contribution >= 4 is 5.69 Å². The fourth-order valence-corrected chi connectivity index (χ4v) is 3.30. The highest BCUT2D eigenvalue weighted by Crippen LogP contribution is 2.37. The lowest BCUT2D eigenvalue weighted by molar-refractivity contribution is 0.210.